The molecule has 0 N–H and O–H groups in total. The Hall–Kier alpha value is -2.66. The van der Waals surface area contributed by atoms with Gasteiger partial charge >= 0.3 is 0 Å². The zero-order chi connectivity index (χ0) is 17.6. The third kappa shape index (κ3) is 3.88. The number of rotatable bonds is 4. The first-order valence-corrected chi connectivity index (χ1v) is 8.41. The summed E-state index contributed by atoms with van der Waals surface area (Å²) >= 11 is 0. The second-order valence-corrected chi connectivity index (χ2v) is 6.01. The second-order valence-electron chi connectivity index (χ2n) is 6.01. The molecule has 0 aliphatic carbocycles. The van der Waals surface area contributed by atoms with Crippen molar-refractivity contribution < 1.29 is 14.3 Å². The van der Waals surface area contributed by atoms with E-state index < -0.39 is 6.10 Å². The Morgan fingerprint density at radius 2 is 1.36 bits per heavy atom. The molecule has 130 valence electrons. The van der Waals surface area contributed by atoms with Crippen molar-refractivity contribution in [2.24, 2.45) is 0 Å². The maximum atomic E-state index is 12.8. The van der Waals surface area contributed by atoms with E-state index in [0.717, 1.165) is 5.56 Å². The summed E-state index contributed by atoms with van der Waals surface area (Å²) < 4.78 is 5.42. The molecule has 5 heteroatoms. The van der Waals surface area contributed by atoms with Gasteiger partial charge in [-0.05, 0) is 17.7 Å². The van der Waals surface area contributed by atoms with E-state index in [4.69, 9.17) is 4.74 Å². The number of amides is 2. The molecular weight excluding hydrogens is 316 g/mol. The predicted octanol–water partition coefficient (Wildman–Crippen LogP) is 2.36. The number of hydrogen-bond donors (Lipinski definition) is 0. The number of hydrogen-bond acceptors (Lipinski definition) is 3. The molecule has 0 aromatic heterocycles. The van der Waals surface area contributed by atoms with Gasteiger partial charge in [0.15, 0.2) is 6.10 Å². The Morgan fingerprint density at radius 3 is 1.92 bits per heavy atom. The molecule has 25 heavy (non-hydrogen) atoms. The highest BCUT2D eigenvalue weighted by atomic mass is 16.5. The highest BCUT2D eigenvalue weighted by molar-refractivity contribution is 5.94. The summed E-state index contributed by atoms with van der Waals surface area (Å²) in [5, 5.41) is 0. The van der Waals surface area contributed by atoms with Gasteiger partial charge in [0.2, 0.25) is 0 Å². The van der Waals surface area contributed by atoms with Crippen molar-refractivity contribution in [3.05, 3.63) is 71.8 Å². The van der Waals surface area contributed by atoms with Gasteiger partial charge in [-0.3, -0.25) is 9.59 Å². The quantitative estimate of drug-likeness (QED) is 0.860. The molecule has 0 unspecified atom stereocenters. The van der Waals surface area contributed by atoms with Crippen LogP contribution in [0.3, 0.4) is 0 Å². The van der Waals surface area contributed by atoms with Crippen LogP contribution in [0.1, 0.15) is 22.0 Å². The van der Waals surface area contributed by atoms with Gasteiger partial charge in [-0.25, -0.2) is 0 Å². The maximum Gasteiger partial charge on any atom is 0.256 e. The fraction of sp³-hybridized carbons (Fsp3) is 0.300. The molecule has 1 fully saturated rings. The first-order valence-electron chi connectivity index (χ1n) is 8.41. The number of methoxy groups -OCH3 is 1. The van der Waals surface area contributed by atoms with Crippen molar-refractivity contribution in [3.8, 4) is 0 Å². The van der Waals surface area contributed by atoms with Gasteiger partial charge in [-0.2, -0.15) is 0 Å². The van der Waals surface area contributed by atoms with Crippen LogP contribution >= 0.6 is 0 Å². The van der Waals surface area contributed by atoms with Gasteiger partial charge in [0.25, 0.3) is 11.8 Å². The van der Waals surface area contributed by atoms with Crippen molar-refractivity contribution in [2.45, 2.75) is 6.10 Å². The monoisotopic (exact) mass is 338 g/mol. The van der Waals surface area contributed by atoms with Crippen LogP contribution in [0.2, 0.25) is 0 Å². The molecule has 0 radical (unpaired) electrons. The topological polar surface area (TPSA) is 49.9 Å². The summed E-state index contributed by atoms with van der Waals surface area (Å²) in [5.41, 5.74) is 1.53. The minimum Gasteiger partial charge on any atom is -0.367 e. The Balaban J connectivity index is 1.62. The minimum absolute atomic E-state index is 0.0130. The smallest absolute Gasteiger partial charge is 0.256 e. The van der Waals surface area contributed by atoms with E-state index in [1.54, 1.807) is 16.9 Å². The molecule has 1 aliphatic heterocycles. The van der Waals surface area contributed by atoms with E-state index in [0.29, 0.717) is 31.7 Å². The summed E-state index contributed by atoms with van der Waals surface area (Å²) in [5.74, 6) is -0.0421. The molecule has 3 rings (SSSR count). The summed E-state index contributed by atoms with van der Waals surface area (Å²) in [4.78, 5) is 28.8. The Kier molecular flexibility index (Phi) is 5.46. The average Bonchev–Trinajstić information content (AvgIpc) is 2.69. The number of ether oxygens (including phenoxy) is 1. The van der Waals surface area contributed by atoms with Gasteiger partial charge in [0.1, 0.15) is 0 Å². The Bertz CT molecular complexity index is 710. The predicted molar refractivity (Wildman–Crippen MR) is 95.1 cm³/mol. The lowest BCUT2D eigenvalue weighted by Gasteiger charge is -2.36. The zero-order valence-electron chi connectivity index (χ0n) is 14.3. The standard InChI is InChI=1S/C20H22N2O3/c1-25-18(16-8-4-2-5-9-16)20(24)22-14-12-21(13-15-22)19(23)17-10-6-3-7-11-17/h2-11,18H,12-15H2,1H3/t18-/m0/s1. The van der Waals surface area contributed by atoms with E-state index in [9.17, 15) is 9.59 Å². The maximum absolute atomic E-state index is 12.8. The van der Waals surface area contributed by atoms with Crippen LogP contribution in [0.4, 0.5) is 0 Å². The molecule has 0 bridgehead atoms. The molecule has 0 spiro atoms. The summed E-state index contributed by atoms with van der Waals surface area (Å²) in [6.45, 7) is 2.10. The van der Waals surface area contributed by atoms with E-state index >= 15 is 0 Å². The SMILES string of the molecule is CO[C@H](C(=O)N1CCN(C(=O)c2ccccc2)CC1)c1ccccc1. The largest absolute Gasteiger partial charge is 0.367 e. The molecule has 1 aliphatic rings. The molecule has 2 aromatic rings. The van der Waals surface area contributed by atoms with E-state index in [-0.39, 0.29) is 11.8 Å². The molecule has 1 atom stereocenters. The van der Waals surface area contributed by atoms with Crippen molar-refractivity contribution >= 4 is 11.8 Å². The van der Waals surface area contributed by atoms with E-state index in [1.165, 1.54) is 0 Å². The van der Waals surface area contributed by atoms with Crippen LogP contribution in [0.15, 0.2) is 60.7 Å². The average molecular weight is 338 g/mol. The third-order valence-electron chi connectivity index (χ3n) is 4.46. The van der Waals surface area contributed by atoms with Crippen LogP contribution in [0, 0.1) is 0 Å². The zero-order valence-corrected chi connectivity index (χ0v) is 14.3. The molecule has 2 aromatic carbocycles. The van der Waals surface area contributed by atoms with Crippen molar-refractivity contribution in [1.29, 1.82) is 0 Å². The van der Waals surface area contributed by atoms with Crippen LogP contribution in [-0.4, -0.2) is 54.9 Å². The lowest BCUT2D eigenvalue weighted by molar-refractivity contribution is -0.143. The van der Waals surface area contributed by atoms with Gasteiger partial charge in [-0.15, -0.1) is 0 Å². The Labute approximate surface area is 147 Å². The molecule has 1 heterocycles. The van der Waals surface area contributed by atoms with Gasteiger partial charge in [-0.1, -0.05) is 48.5 Å². The molecule has 5 nitrogen and oxygen atoms in total. The number of carbonyl (C=O) groups is 2. The number of benzene rings is 2. The summed E-state index contributed by atoms with van der Waals surface area (Å²) in [7, 11) is 1.55. The fourth-order valence-electron chi connectivity index (χ4n) is 3.07. The van der Waals surface area contributed by atoms with Crippen LogP contribution < -0.4 is 0 Å². The van der Waals surface area contributed by atoms with Crippen molar-refractivity contribution in [1.82, 2.24) is 9.80 Å². The Morgan fingerprint density at radius 1 is 0.840 bits per heavy atom. The third-order valence-corrected chi connectivity index (χ3v) is 4.46. The molecule has 1 saturated heterocycles. The second kappa shape index (κ2) is 7.94. The number of nitrogens with zero attached hydrogens (tertiary/aromatic N) is 2. The first kappa shape index (κ1) is 17.2. The minimum atomic E-state index is -0.599. The number of piperazine rings is 1. The summed E-state index contributed by atoms with van der Waals surface area (Å²) in [6, 6.07) is 18.7. The van der Waals surface area contributed by atoms with Crippen molar-refractivity contribution in [3.63, 3.8) is 0 Å². The lowest BCUT2D eigenvalue weighted by Crippen LogP contribution is -2.51. The van der Waals surface area contributed by atoms with Crippen LogP contribution in [-0.2, 0) is 9.53 Å². The molecular formula is C20H22N2O3. The van der Waals surface area contributed by atoms with Crippen LogP contribution in [0.25, 0.3) is 0 Å². The molecule has 2 amide bonds. The first-order chi connectivity index (χ1) is 12.2. The van der Waals surface area contributed by atoms with E-state index in [1.807, 2.05) is 60.7 Å². The molecule has 0 saturated carbocycles. The van der Waals surface area contributed by atoms with Crippen LogP contribution in [0.5, 0.6) is 0 Å². The normalized spacial score (nSPS) is 15.7. The summed E-state index contributed by atoms with van der Waals surface area (Å²) in [6.07, 6.45) is -0.599. The lowest BCUT2D eigenvalue weighted by atomic mass is 10.1. The van der Waals surface area contributed by atoms with Gasteiger partial charge in [0.05, 0.1) is 0 Å². The highest BCUT2D eigenvalue weighted by Crippen LogP contribution is 2.20. The van der Waals surface area contributed by atoms with Gasteiger partial charge < -0.3 is 14.5 Å². The van der Waals surface area contributed by atoms with Gasteiger partial charge in [0, 0.05) is 38.9 Å². The fourth-order valence-corrected chi connectivity index (χ4v) is 3.07. The highest BCUT2D eigenvalue weighted by Gasteiger charge is 2.30. The van der Waals surface area contributed by atoms with Crippen molar-refractivity contribution in [2.75, 3.05) is 33.3 Å². The number of carbonyl (C=O) groups excluding carboxylic acids is 2. The van der Waals surface area contributed by atoms with E-state index in [2.05, 4.69) is 0 Å².